The predicted octanol–water partition coefficient (Wildman–Crippen LogP) is 2.60. The summed E-state index contributed by atoms with van der Waals surface area (Å²) in [4.78, 5) is 10.6. The molecule has 0 radical (unpaired) electrons. The van der Waals surface area contributed by atoms with Crippen LogP contribution in [0.1, 0.15) is 18.4 Å². The number of carbonyl (C=O) groups is 1. The highest BCUT2D eigenvalue weighted by atomic mass is 19.3. The Kier molecular flexibility index (Phi) is 2.66. The lowest BCUT2D eigenvalue weighted by Crippen LogP contribution is -2.06. The number of benzene rings is 1. The second kappa shape index (κ2) is 3.85. The van der Waals surface area contributed by atoms with Gasteiger partial charge in [-0.2, -0.15) is 0 Å². The molecule has 2 nitrogen and oxygen atoms in total. The zero-order valence-electron chi connectivity index (χ0n) is 8.82. The van der Waals surface area contributed by atoms with Crippen LogP contribution < -0.4 is 0 Å². The van der Waals surface area contributed by atoms with E-state index in [-0.39, 0.29) is 6.61 Å². The Balaban J connectivity index is 2.05. The summed E-state index contributed by atoms with van der Waals surface area (Å²) in [6.07, 6.45) is 0. The third-order valence-electron chi connectivity index (χ3n) is 2.83. The SMILES string of the molecule is CC(=O)OC[C@H]1[C@@H](c2ccccc2)C1(F)F. The van der Waals surface area contributed by atoms with Crippen molar-refractivity contribution in [3.05, 3.63) is 35.9 Å². The van der Waals surface area contributed by atoms with Gasteiger partial charge >= 0.3 is 5.97 Å². The minimum Gasteiger partial charge on any atom is -0.465 e. The average Bonchev–Trinajstić information content (AvgIpc) is 2.79. The molecule has 0 amide bonds. The average molecular weight is 226 g/mol. The number of ether oxygens (including phenoxy) is 1. The summed E-state index contributed by atoms with van der Waals surface area (Å²) >= 11 is 0. The van der Waals surface area contributed by atoms with Crippen molar-refractivity contribution in [2.24, 2.45) is 5.92 Å². The van der Waals surface area contributed by atoms with Crippen LogP contribution in [0.15, 0.2) is 30.3 Å². The van der Waals surface area contributed by atoms with Gasteiger partial charge < -0.3 is 4.74 Å². The van der Waals surface area contributed by atoms with Crippen LogP contribution in [0.4, 0.5) is 8.78 Å². The molecule has 1 fully saturated rings. The largest absolute Gasteiger partial charge is 0.465 e. The zero-order chi connectivity index (χ0) is 11.8. The van der Waals surface area contributed by atoms with Gasteiger partial charge in [-0.1, -0.05) is 30.3 Å². The van der Waals surface area contributed by atoms with E-state index in [1.54, 1.807) is 30.3 Å². The second-order valence-corrected chi connectivity index (χ2v) is 3.97. The van der Waals surface area contributed by atoms with Gasteiger partial charge in [0.05, 0.1) is 11.8 Å². The molecule has 0 heterocycles. The van der Waals surface area contributed by atoms with Crippen molar-refractivity contribution in [1.29, 1.82) is 0 Å². The summed E-state index contributed by atoms with van der Waals surface area (Å²) in [6, 6.07) is 8.59. The maximum Gasteiger partial charge on any atom is 0.302 e. The number of halogens is 2. The highest BCUT2D eigenvalue weighted by Gasteiger charge is 2.69. The summed E-state index contributed by atoms with van der Waals surface area (Å²) < 4.78 is 31.4. The second-order valence-electron chi connectivity index (χ2n) is 3.97. The van der Waals surface area contributed by atoms with Crippen molar-refractivity contribution >= 4 is 5.97 Å². The van der Waals surface area contributed by atoms with E-state index < -0.39 is 23.7 Å². The fourth-order valence-electron chi connectivity index (χ4n) is 1.92. The molecule has 1 aliphatic carbocycles. The highest BCUT2D eigenvalue weighted by Crippen LogP contribution is 2.61. The molecule has 1 saturated carbocycles. The van der Waals surface area contributed by atoms with Crippen LogP contribution in [0, 0.1) is 5.92 Å². The minimum atomic E-state index is -2.75. The molecule has 0 N–H and O–H groups in total. The van der Waals surface area contributed by atoms with Crippen molar-refractivity contribution in [3.63, 3.8) is 0 Å². The number of rotatable bonds is 3. The summed E-state index contributed by atoms with van der Waals surface area (Å²) in [5.41, 5.74) is 0.602. The number of esters is 1. The van der Waals surface area contributed by atoms with E-state index in [1.165, 1.54) is 6.92 Å². The zero-order valence-corrected chi connectivity index (χ0v) is 8.82. The van der Waals surface area contributed by atoms with E-state index >= 15 is 0 Å². The first-order valence-electron chi connectivity index (χ1n) is 5.09. The maximum atomic E-state index is 13.4. The third kappa shape index (κ3) is 1.92. The monoisotopic (exact) mass is 226 g/mol. The highest BCUT2D eigenvalue weighted by molar-refractivity contribution is 5.66. The van der Waals surface area contributed by atoms with Crippen LogP contribution >= 0.6 is 0 Å². The van der Waals surface area contributed by atoms with Gasteiger partial charge in [-0.25, -0.2) is 8.78 Å². The van der Waals surface area contributed by atoms with Gasteiger partial charge in [-0.3, -0.25) is 4.79 Å². The number of alkyl halides is 2. The molecule has 1 aromatic rings. The van der Waals surface area contributed by atoms with E-state index in [9.17, 15) is 13.6 Å². The molecular formula is C12H12F2O2. The topological polar surface area (TPSA) is 26.3 Å². The molecule has 86 valence electrons. The maximum absolute atomic E-state index is 13.4. The molecule has 0 spiro atoms. The summed E-state index contributed by atoms with van der Waals surface area (Å²) in [7, 11) is 0. The van der Waals surface area contributed by atoms with Crippen LogP contribution in [0.25, 0.3) is 0 Å². The van der Waals surface area contributed by atoms with Gasteiger partial charge in [0.25, 0.3) is 5.92 Å². The summed E-state index contributed by atoms with van der Waals surface area (Å²) in [5.74, 6) is -4.96. The lowest BCUT2D eigenvalue weighted by Gasteiger charge is -1.99. The van der Waals surface area contributed by atoms with Gasteiger partial charge in [0.2, 0.25) is 0 Å². The fourth-order valence-corrected chi connectivity index (χ4v) is 1.92. The Morgan fingerprint density at radius 3 is 2.56 bits per heavy atom. The van der Waals surface area contributed by atoms with Crippen LogP contribution in [0.5, 0.6) is 0 Å². The molecule has 0 saturated heterocycles. The fraction of sp³-hybridized carbons (Fsp3) is 0.417. The molecule has 2 atom stereocenters. The lowest BCUT2D eigenvalue weighted by molar-refractivity contribution is -0.142. The van der Waals surface area contributed by atoms with E-state index in [0.717, 1.165) is 0 Å². The molecule has 0 unspecified atom stereocenters. The van der Waals surface area contributed by atoms with Crippen LogP contribution in [0.2, 0.25) is 0 Å². The number of hydrogen-bond acceptors (Lipinski definition) is 2. The van der Waals surface area contributed by atoms with Crippen molar-refractivity contribution in [3.8, 4) is 0 Å². The first kappa shape index (κ1) is 11.0. The minimum absolute atomic E-state index is 0.206. The Morgan fingerprint density at radius 2 is 2.00 bits per heavy atom. The third-order valence-corrected chi connectivity index (χ3v) is 2.83. The van der Waals surface area contributed by atoms with Gasteiger partial charge in [0.1, 0.15) is 6.61 Å². The Morgan fingerprint density at radius 1 is 1.38 bits per heavy atom. The molecule has 2 rings (SSSR count). The Labute approximate surface area is 92.2 Å². The molecule has 1 aromatic carbocycles. The lowest BCUT2D eigenvalue weighted by atomic mass is 10.1. The summed E-state index contributed by atoms with van der Waals surface area (Å²) in [5, 5.41) is 0. The van der Waals surface area contributed by atoms with E-state index in [2.05, 4.69) is 4.74 Å². The Bertz CT molecular complexity index is 389. The molecule has 4 heteroatoms. The van der Waals surface area contributed by atoms with Crippen LogP contribution in [-0.2, 0) is 9.53 Å². The van der Waals surface area contributed by atoms with Crippen molar-refractivity contribution in [2.75, 3.05) is 6.61 Å². The standard InChI is InChI=1S/C12H12F2O2/c1-8(15)16-7-10-11(12(10,13)14)9-5-3-2-4-6-9/h2-6,10-11H,7H2,1H3/t10-,11+/m0/s1. The first-order chi connectivity index (χ1) is 7.53. The Hall–Kier alpha value is -1.45. The number of carbonyl (C=O) groups excluding carboxylic acids is 1. The summed E-state index contributed by atoms with van der Waals surface area (Å²) in [6.45, 7) is 1.01. The van der Waals surface area contributed by atoms with E-state index in [1.807, 2.05) is 0 Å². The molecular weight excluding hydrogens is 214 g/mol. The van der Waals surface area contributed by atoms with E-state index in [4.69, 9.17) is 0 Å². The van der Waals surface area contributed by atoms with Gasteiger partial charge in [-0.05, 0) is 5.56 Å². The van der Waals surface area contributed by atoms with E-state index in [0.29, 0.717) is 5.56 Å². The smallest absolute Gasteiger partial charge is 0.302 e. The van der Waals surface area contributed by atoms with Crippen molar-refractivity contribution in [2.45, 2.75) is 18.8 Å². The molecule has 0 aliphatic heterocycles. The molecule has 16 heavy (non-hydrogen) atoms. The van der Waals surface area contributed by atoms with Crippen LogP contribution in [-0.4, -0.2) is 18.5 Å². The number of hydrogen-bond donors (Lipinski definition) is 0. The molecule has 0 bridgehead atoms. The normalized spacial score (nSPS) is 26.2. The van der Waals surface area contributed by atoms with Gasteiger partial charge in [0, 0.05) is 6.92 Å². The predicted molar refractivity (Wildman–Crippen MR) is 54.3 cm³/mol. The van der Waals surface area contributed by atoms with Gasteiger partial charge in [0.15, 0.2) is 0 Å². The van der Waals surface area contributed by atoms with Gasteiger partial charge in [-0.15, -0.1) is 0 Å². The first-order valence-corrected chi connectivity index (χ1v) is 5.09. The molecule has 0 aromatic heterocycles. The quantitative estimate of drug-likeness (QED) is 0.740. The van der Waals surface area contributed by atoms with Crippen LogP contribution in [0.3, 0.4) is 0 Å². The van der Waals surface area contributed by atoms with Crippen molar-refractivity contribution < 1.29 is 18.3 Å². The van der Waals surface area contributed by atoms with Crippen molar-refractivity contribution in [1.82, 2.24) is 0 Å². The molecule has 1 aliphatic rings.